The Kier molecular flexibility index (Phi) is 7.09. The summed E-state index contributed by atoms with van der Waals surface area (Å²) < 4.78 is 25.1. The molecule has 0 spiro atoms. The van der Waals surface area contributed by atoms with Gasteiger partial charge in [0.15, 0.2) is 0 Å². The van der Waals surface area contributed by atoms with Crippen LogP contribution in [0.5, 0.6) is 0 Å². The van der Waals surface area contributed by atoms with Gasteiger partial charge in [0.1, 0.15) is 0 Å². The van der Waals surface area contributed by atoms with Gasteiger partial charge in [0, 0.05) is 31.6 Å². The summed E-state index contributed by atoms with van der Waals surface area (Å²) in [6.45, 7) is 7.15. The summed E-state index contributed by atoms with van der Waals surface area (Å²) >= 11 is 0. The highest BCUT2D eigenvalue weighted by Crippen LogP contribution is 2.20. The molecule has 1 saturated heterocycles. The minimum Gasteiger partial charge on any atom is -0.352 e. The van der Waals surface area contributed by atoms with Crippen molar-refractivity contribution in [3.05, 3.63) is 0 Å². The number of nitrogens with zero attached hydrogens (tertiary/aromatic N) is 1. The number of amides is 1. The van der Waals surface area contributed by atoms with Gasteiger partial charge < -0.3 is 11.1 Å². The fourth-order valence-electron chi connectivity index (χ4n) is 2.68. The van der Waals surface area contributed by atoms with E-state index in [1.54, 1.807) is 6.92 Å². The van der Waals surface area contributed by atoms with E-state index in [9.17, 15) is 13.2 Å². The average molecular weight is 319 g/mol. The van der Waals surface area contributed by atoms with E-state index in [0.717, 1.165) is 6.42 Å². The molecule has 1 rings (SSSR count). The number of carbonyl (C=O) groups excluding carboxylic acids is 1. The Labute approximate surface area is 128 Å². The van der Waals surface area contributed by atoms with Gasteiger partial charge >= 0.3 is 0 Å². The molecule has 1 amide bonds. The number of nitrogens with two attached hydrogens (primary N) is 1. The summed E-state index contributed by atoms with van der Waals surface area (Å²) in [5.74, 6) is 0.512. The number of rotatable bonds is 7. The van der Waals surface area contributed by atoms with Gasteiger partial charge in [-0.15, -0.1) is 0 Å². The molecule has 0 aliphatic carbocycles. The lowest BCUT2D eigenvalue weighted by atomic mass is 9.96. The van der Waals surface area contributed by atoms with Crippen LogP contribution in [-0.2, 0) is 14.8 Å². The third-order valence-electron chi connectivity index (χ3n) is 3.97. The van der Waals surface area contributed by atoms with Gasteiger partial charge in [-0.2, -0.15) is 0 Å². The van der Waals surface area contributed by atoms with Crippen molar-refractivity contribution in [1.29, 1.82) is 0 Å². The fourth-order valence-corrected chi connectivity index (χ4v) is 3.81. The summed E-state index contributed by atoms with van der Waals surface area (Å²) in [7, 11) is -3.13. The van der Waals surface area contributed by atoms with E-state index in [0.29, 0.717) is 38.4 Å². The molecule has 3 N–H and O–H groups in total. The summed E-state index contributed by atoms with van der Waals surface area (Å²) in [5, 5.41) is 3.00. The zero-order chi connectivity index (χ0) is 16.0. The van der Waals surface area contributed by atoms with Crippen molar-refractivity contribution < 1.29 is 13.2 Å². The minimum absolute atomic E-state index is 0.00917. The first kappa shape index (κ1) is 18.4. The van der Waals surface area contributed by atoms with Crippen LogP contribution in [-0.4, -0.2) is 50.1 Å². The highest BCUT2D eigenvalue weighted by atomic mass is 32.2. The van der Waals surface area contributed by atoms with E-state index in [4.69, 9.17) is 5.73 Å². The molecule has 0 aromatic rings. The van der Waals surface area contributed by atoms with E-state index >= 15 is 0 Å². The first-order chi connectivity index (χ1) is 9.80. The maximum atomic E-state index is 12.2. The third kappa shape index (κ3) is 5.56. The molecular weight excluding hydrogens is 290 g/mol. The van der Waals surface area contributed by atoms with E-state index in [1.807, 2.05) is 0 Å². The summed E-state index contributed by atoms with van der Waals surface area (Å²) in [6.07, 6.45) is 2.04. The van der Waals surface area contributed by atoms with Crippen LogP contribution in [0.2, 0.25) is 0 Å². The Morgan fingerprint density at radius 2 is 1.90 bits per heavy atom. The number of nitrogens with one attached hydrogen (secondary N) is 1. The average Bonchev–Trinajstić information content (AvgIpc) is 2.46. The molecule has 124 valence electrons. The molecular formula is C14H29N3O3S. The quantitative estimate of drug-likeness (QED) is 0.716. The van der Waals surface area contributed by atoms with Crippen LogP contribution in [0.1, 0.15) is 40.0 Å². The van der Waals surface area contributed by atoms with Crippen molar-refractivity contribution in [2.45, 2.75) is 46.1 Å². The van der Waals surface area contributed by atoms with Gasteiger partial charge in [0.05, 0.1) is 5.75 Å². The lowest BCUT2D eigenvalue weighted by molar-refractivity contribution is -0.126. The molecule has 6 nitrogen and oxygen atoms in total. The van der Waals surface area contributed by atoms with Crippen LogP contribution < -0.4 is 11.1 Å². The number of hydrogen-bond acceptors (Lipinski definition) is 4. The Morgan fingerprint density at radius 1 is 1.33 bits per heavy atom. The number of sulfonamides is 1. The summed E-state index contributed by atoms with van der Waals surface area (Å²) in [4.78, 5) is 12.2. The van der Waals surface area contributed by atoms with Gasteiger partial charge in [-0.25, -0.2) is 12.7 Å². The smallest absolute Gasteiger partial charge is 0.223 e. The lowest BCUT2D eigenvalue weighted by Crippen LogP contribution is -2.47. The number of piperidine rings is 1. The monoisotopic (exact) mass is 319 g/mol. The Bertz CT molecular complexity index is 429. The lowest BCUT2D eigenvalue weighted by Gasteiger charge is -2.31. The third-order valence-corrected chi connectivity index (χ3v) is 5.85. The van der Waals surface area contributed by atoms with Gasteiger partial charge in [0.25, 0.3) is 0 Å². The maximum Gasteiger partial charge on any atom is 0.223 e. The van der Waals surface area contributed by atoms with Crippen molar-refractivity contribution in [3.63, 3.8) is 0 Å². The van der Waals surface area contributed by atoms with E-state index in [2.05, 4.69) is 19.2 Å². The Hall–Kier alpha value is -0.660. The minimum atomic E-state index is -3.13. The SMILES string of the molecule is CCS(=O)(=O)N1CCC(C(=O)NC(CN)CC(C)C)CC1. The van der Waals surface area contributed by atoms with Crippen molar-refractivity contribution >= 4 is 15.9 Å². The van der Waals surface area contributed by atoms with Crippen LogP contribution in [0, 0.1) is 11.8 Å². The van der Waals surface area contributed by atoms with Gasteiger partial charge in [-0.3, -0.25) is 4.79 Å². The zero-order valence-electron chi connectivity index (χ0n) is 13.3. The molecule has 0 bridgehead atoms. The second-order valence-corrected chi connectivity index (χ2v) is 8.40. The van der Waals surface area contributed by atoms with E-state index < -0.39 is 10.0 Å². The second-order valence-electron chi connectivity index (χ2n) is 6.14. The molecule has 1 unspecified atom stereocenters. The molecule has 0 saturated carbocycles. The first-order valence-electron chi connectivity index (χ1n) is 7.78. The number of hydrogen-bond donors (Lipinski definition) is 2. The molecule has 1 aliphatic rings. The molecule has 1 aliphatic heterocycles. The Morgan fingerprint density at radius 3 is 2.33 bits per heavy atom. The van der Waals surface area contributed by atoms with Gasteiger partial charge in [-0.05, 0) is 32.1 Å². The summed E-state index contributed by atoms with van der Waals surface area (Å²) in [6, 6.07) is 0.00917. The zero-order valence-corrected chi connectivity index (χ0v) is 14.2. The van der Waals surface area contributed by atoms with Crippen molar-refractivity contribution in [2.75, 3.05) is 25.4 Å². The van der Waals surface area contributed by atoms with Crippen LogP contribution >= 0.6 is 0 Å². The summed E-state index contributed by atoms with van der Waals surface area (Å²) in [5.41, 5.74) is 5.69. The van der Waals surface area contributed by atoms with Crippen molar-refractivity contribution in [3.8, 4) is 0 Å². The molecule has 1 heterocycles. The highest BCUT2D eigenvalue weighted by molar-refractivity contribution is 7.89. The van der Waals surface area contributed by atoms with Crippen LogP contribution in [0.15, 0.2) is 0 Å². The predicted molar refractivity (Wildman–Crippen MR) is 84.2 cm³/mol. The topological polar surface area (TPSA) is 92.5 Å². The maximum absolute atomic E-state index is 12.2. The molecule has 21 heavy (non-hydrogen) atoms. The second kappa shape index (κ2) is 8.10. The highest BCUT2D eigenvalue weighted by Gasteiger charge is 2.30. The molecule has 0 radical (unpaired) electrons. The molecule has 1 fully saturated rings. The predicted octanol–water partition coefficient (Wildman–Crippen LogP) is 0.538. The normalized spacial score (nSPS) is 19.7. The largest absolute Gasteiger partial charge is 0.352 e. The van der Waals surface area contributed by atoms with Crippen LogP contribution in [0.4, 0.5) is 0 Å². The molecule has 7 heteroatoms. The molecule has 1 atom stereocenters. The molecule has 0 aromatic heterocycles. The van der Waals surface area contributed by atoms with Crippen LogP contribution in [0.25, 0.3) is 0 Å². The van der Waals surface area contributed by atoms with Gasteiger partial charge in [-0.1, -0.05) is 13.8 Å². The van der Waals surface area contributed by atoms with Crippen molar-refractivity contribution in [1.82, 2.24) is 9.62 Å². The molecule has 0 aromatic carbocycles. The van der Waals surface area contributed by atoms with Crippen LogP contribution in [0.3, 0.4) is 0 Å². The standard InChI is InChI=1S/C14H29N3O3S/c1-4-21(19,20)17-7-5-12(6-8-17)14(18)16-13(10-15)9-11(2)3/h11-13H,4-10,15H2,1-3H3,(H,16,18). The Balaban J connectivity index is 2.48. The van der Waals surface area contributed by atoms with E-state index in [-0.39, 0.29) is 23.6 Å². The van der Waals surface area contributed by atoms with E-state index in [1.165, 1.54) is 4.31 Å². The number of carbonyl (C=O) groups is 1. The fraction of sp³-hybridized carbons (Fsp3) is 0.929. The first-order valence-corrected chi connectivity index (χ1v) is 9.39. The van der Waals surface area contributed by atoms with Gasteiger partial charge in [0.2, 0.25) is 15.9 Å². The van der Waals surface area contributed by atoms with Crippen molar-refractivity contribution in [2.24, 2.45) is 17.6 Å².